The van der Waals surface area contributed by atoms with Crippen LogP contribution in [0.25, 0.3) is 10.9 Å². The van der Waals surface area contributed by atoms with Gasteiger partial charge in [-0.3, -0.25) is 9.59 Å². The van der Waals surface area contributed by atoms with Crippen LogP contribution in [0.4, 0.5) is 0 Å². The third-order valence-electron chi connectivity index (χ3n) is 6.08. The van der Waals surface area contributed by atoms with Gasteiger partial charge < -0.3 is 14.4 Å². The number of ether oxygens (including phenoxy) is 2. The zero-order valence-electron chi connectivity index (χ0n) is 18.5. The molecule has 2 aromatic carbocycles. The fourth-order valence-electron chi connectivity index (χ4n) is 4.34. The minimum atomic E-state index is -0.289. The zero-order chi connectivity index (χ0) is 22.5. The smallest absolute Gasteiger partial charge is 0.278 e. The van der Waals surface area contributed by atoms with Gasteiger partial charge in [-0.25, -0.2) is 4.68 Å². The summed E-state index contributed by atoms with van der Waals surface area (Å²) >= 11 is 0. The van der Waals surface area contributed by atoms with Crippen LogP contribution in [0.1, 0.15) is 31.2 Å². The second kappa shape index (κ2) is 9.80. The molecule has 2 heterocycles. The number of methoxy groups -OCH3 is 2. The summed E-state index contributed by atoms with van der Waals surface area (Å²) in [5.41, 5.74) is 1.38. The monoisotopic (exact) mass is 436 g/mol. The quantitative estimate of drug-likeness (QED) is 0.566. The number of fused-ring (bicyclic) bond motifs is 1. The van der Waals surface area contributed by atoms with Crippen LogP contribution in [0.5, 0.6) is 11.5 Å². The Balaban J connectivity index is 1.46. The van der Waals surface area contributed by atoms with Gasteiger partial charge in [0.05, 0.1) is 19.6 Å². The molecule has 0 bridgehead atoms. The number of likely N-dealkylation sites (tertiary alicyclic amines) is 1. The molecule has 8 nitrogen and oxygen atoms in total. The Labute approximate surface area is 186 Å². The topological polar surface area (TPSA) is 86.5 Å². The van der Waals surface area contributed by atoms with E-state index >= 15 is 0 Å². The minimum Gasteiger partial charge on any atom is -0.493 e. The Bertz CT molecular complexity index is 1160. The number of amides is 1. The molecule has 1 atom stereocenters. The van der Waals surface area contributed by atoms with Crippen LogP contribution in [-0.4, -0.2) is 52.6 Å². The first kappa shape index (κ1) is 21.8. The number of hydrogen-bond acceptors (Lipinski definition) is 6. The van der Waals surface area contributed by atoms with Gasteiger partial charge in [0, 0.05) is 12.6 Å². The summed E-state index contributed by atoms with van der Waals surface area (Å²) in [6.07, 6.45) is 4.69. The largest absolute Gasteiger partial charge is 0.493 e. The number of aryl methyl sites for hydroxylation is 1. The summed E-state index contributed by atoms with van der Waals surface area (Å²) in [6.45, 7) is 0.606. The Morgan fingerprint density at radius 2 is 1.91 bits per heavy atom. The molecule has 1 aliphatic rings. The summed E-state index contributed by atoms with van der Waals surface area (Å²) in [5, 5.41) is 8.53. The number of nitrogens with zero attached hydrogens (tertiary/aromatic N) is 4. The first-order valence-electron chi connectivity index (χ1n) is 10.9. The number of aromatic nitrogens is 3. The lowest BCUT2D eigenvalue weighted by molar-refractivity contribution is -0.136. The maximum Gasteiger partial charge on any atom is 0.278 e. The molecule has 168 valence electrons. The van der Waals surface area contributed by atoms with E-state index in [1.165, 1.54) is 4.68 Å². The number of benzene rings is 2. The first-order chi connectivity index (χ1) is 15.6. The van der Waals surface area contributed by atoms with Crippen LogP contribution >= 0.6 is 0 Å². The van der Waals surface area contributed by atoms with Gasteiger partial charge in [0.15, 0.2) is 11.5 Å². The van der Waals surface area contributed by atoms with E-state index in [0.717, 1.165) is 37.7 Å². The van der Waals surface area contributed by atoms with Crippen molar-refractivity contribution in [2.24, 2.45) is 0 Å². The molecule has 1 aliphatic heterocycles. The summed E-state index contributed by atoms with van der Waals surface area (Å²) in [4.78, 5) is 27.8. The molecule has 1 amide bonds. The maximum atomic E-state index is 13.1. The second-order valence-electron chi connectivity index (χ2n) is 8.03. The Kier molecular flexibility index (Phi) is 6.68. The average molecular weight is 437 g/mol. The summed E-state index contributed by atoms with van der Waals surface area (Å²) in [7, 11) is 3.25. The normalized spacial score (nSPS) is 16.2. The molecule has 0 aliphatic carbocycles. The van der Waals surface area contributed by atoms with Crippen molar-refractivity contribution in [1.29, 1.82) is 0 Å². The van der Waals surface area contributed by atoms with E-state index in [1.807, 2.05) is 29.2 Å². The van der Waals surface area contributed by atoms with E-state index in [-0.39, 0.29) is 24.1 Å². The minimum absolute atomic E-state index is 0.0892. The lowest BCUT2D eigenvalue weighted by atomic mass is 9.95. The number of piperidine rings is 1. The van der Waals surface area contributed by atoms with Gasteiger partial charge in [-0.15, -0.1) is 5.10 Å². The van der Waals surface area contributed by atoms with Gasteiger partial charge >= 0.3 is 0 Å². The molecule has 0 saturated carbocycles. The lowest BCUT2D eigenvalue weighted by Gasteiger charge is -2.36. The third kappa shape index (κ3) is 4.59. The standard InChI is InChI=1S/C24H28N4O4/c1-31-21-13-11-17(15-22(21)32-2)10-12-18-7-5-6-14-27(18)23(29)16-28-24(30)19-8-3-4-9-20(19)25-26-28/h3-4,8-9,11,13,15,18H,5-7,10,12,14,16H2,1-2H3. The third-order valence-corrected chi connectivity index (χ3v) is 6.08. The number of rotatable bonds is 7. The van der Waals surface area contributed by atoms with Crippen LogP contribution in [0.2, 0.25) is 0 Å². The highest BCUT2D eigenvalue weighted by atomic mass is 16.5. The predicted octanol–water partition coefficient (Wildman–Crippen LogP) is 2.82. The van der Waals surface area contributed by atoms with E-state index in [2.05, 4.69) is 10.3 Å². The summed E-state index contributed by atoms with van der Waals surface area (Å²) in [6, 6.07) is 13.1. The van der Waals surface area contributed by atoms with Crippen molar-refractivity contribution >= 4 is 16.8 Å². The molecular weight excluding hydrogens is 408 g/mol. The van der Waals surface area contributed by atoms with Gasteiger partial charge in [0.25, 0.3) is 5.56 Å². The van der Waals surface area contributed by atoms with Crippen LogP contribution in [0, 0.1) is 0 Å². The van der Waals surface area contributed by atoms with Gasteiger partial charge in [-0.2, -0.15) is 0 Å². The van der Waals surface area contributed by atoms with Crippen molar-refractivity contribution < 1.29 is 14.3 Å². The molecule has 4 rings (SSSR count). The molecule has 32 heavy (non-hydrogen) atoms. The lowest BCUT2D eigenvalue weighted by Crippen LogP contribution is -2.46. The van der Waals surface area contributed by atoms with Gasteiger partial charge in [0.1, 0.15) is 12.1 Å². The fraction of sp³-hybridized carbons (Fsp3) is 0.417. The maximum absolute atomic E-state index is 13.1. The van der Waals surface area contributed by atoms with E-state index in [1.54, 1.807) is 32.4 Å². The molecule has 1 unspecified atom stereocenters. The molecule has 3 aromatic rings. The van der Waals surface area contributed by atoms with Crippen molar-refractivity contribution in [2.75, 3.05) is 20.8 Å². The first-order valence-corrected chi connectivity index (χ1v) is 10.9. The van der Waals surface area contributed by atoms with Crippen LogP contribution in [-0.2, 0) is 17.8 Å². The zero-order valence-corrected chi connectivity index (χ0v) is 18.5. The van der Waals surface area contributed by atoms with Crippen LogP contribution in [0.15, 0.2) is 47.3 Å². The molecule has 8 heteroatoms. The number of carbonyl (C=O) groups is 1. The predicted molar refractivity (Wildman–Crippen MR) is 121 cm³/mol. The van der Waals surface area contributed by atoms with Crippen molar-refractivity contribution in [3.05, 3.63) is 58.4 Å². The molecule has 1 aromatic heterocycles. The molecule has 0 radical (unpaired) electrons. The Morgan fingerprint density at radius 3 is 2.72 bits per heavy atom. The van der Waals surface area contributed by atoms with Gasteiger partial charge in [-0.05, 0) is 61.9 Å². The van der Waals surface area contributed by atoms with Crippen LogP contribution in [0.3, 0.4) is 0 Å². The average Bonchev–Trinajstić information content (AvgIpc) is 2.84. The summed E-state index contributed by atoms with van der Waals surface area (Å²) in [5.74, 6) is 1.32. The van der Waals surface area contributed by atoms with Crippen molar-refractivity contribution in [1.82, 2.24) is 19.9 Å². The SMILES string of the molecule is COc1ccc(CCC2CCCCN2C(=O)Cn2nnc3ccccc3c2=O)cc1OC. The van der Waals surface area contributed by atoms with Crippen molar-refractivity contribution in [2.45, 2.75) is 44.7 Å². The fourth-order valence-corrected chi connectivity index (χ4v) is 4.34. The van der Waals surface area contributed by atoms with E-state index in [9.17, 15) is 9.59 Å². The number of hydrogen-bond donors (Lipinski definition) is 0. The molecule has 0 N–H and O–H groups in total. The molecular formula is C24H28N4O4. The molecule has 1 saturated heterocycles. The van der Waals surface area contributed by atoms with Gasteiger partial charge in [-0.1, -0.05) is 23.4 Å². The Hall–Kier alpha value is -3.42. The van der Waals surface area contributed by atoms with Crippen LogP contribution < -0.4 is 15.0 Å². The highest BCUT2D eigenvalue weighted by molar-refractivity contribution is 5.78. The number of carbonyl (C=O) groups excluding carboxylic acids is 1. The molecule has 1 fully saturated rings. The second-order valence-corrected chi connectivity index (χ2v) is 8.03. The van der Waals surface area contributed by atoms with Crippen molar-refractivity contribution in [3.8, 4) is 11.5 Å². The van der Waals surface area contributed by atoms with Crippen molar-refractivity contribution in [3.63, 3.8) is 0 Å². The van der Waals surface area contributed by atoms with E-state index in [4.69, 9.17) is 9.47 Å². The highest BCUT2D eigenvalue weighted by Gasteiger charge is 2.27. The van der Waals surface area contributed by atoms with E-state index < -0.39 is 0 Å². The highest BCUT2D eigenvalue weighted by Crippen LogP contribution is 2.29. The Morgan fingerprint density at radius 1 is 1.09 bits per heavy atom. The summed E-state index contributed by atoms with van der Waals surface area (Å²) < 4.78 is 11.9. The molecule has 0 spiro atoms. The van der Waals surface area contributed by atoms with E-state index in [0.29, 0.717) is 28.9 Å². The van der Waals surface area contributed by atoms with Gasteiger partial charge in [0.2, 0.25) is 5.91 Å².